The van der Waals surface area contributed by atoms with Gasteiger partial charge in [0, 0.05) is 24.3 Å². The van der Waals surface area contributed by atoms with Crippen molar-refractivity contribution in [1.29, 1.82) is 0 Å². The molecule has 10 heteroatoms. The molecule has 0 fully saturated rings. The molecule has 190 valence electrons. The molecule has 0 bridgehead atoms. The maximum Gasteiger partial charge on any atom is 0.416 e. The van der Waals surface area contributed by atoms with Gasteiger partial charge in [-0.3, -0.25) is 4.79 Å². The second-order valence-corrected chi connectivity index (χ2v) is 9.44. The van der Waals surface area contributed by atoms with E-state index in [4.69, 9.17) is 11.6 Å². The number of amides is 1. The van der Waals surface area contributed by atoms with Crippen LogP contribution in [0.15, 0.2) is 90.6 Å². The van der Waals surface area contributed by atoms with Gasteiger partial charge in [0.1, 0.15) is 5.82 Å². The van der Waals surface area contributed by atoms with Gasteiger partial charge in [0.15, 0.2) is 5.16 Å². The van der Waals surface area contributed by atoms with Crippen molar-refractivity contribution in [3.63, 3.8) is 0 Å². The highest BCUT2D eigenvalue weighted by Crippen LogP contribution is 2.34. The summed E-state index contributed by atoms with van der Waals surface area (Å²) in [5.74, 6) is 0.868. The average molecular weight is 543 g/mol. The summed E-state index contributed by atoms with van der Waals surface area (Å²) in [5.41, 5.74) is 1.38. The fourth-order valence-electron chi connectivity index (χ4n) is 3.54. The molecule has 0 aliphatic heterocycles. The number of rotatable bonds is 9. The van der Waals surface area contributed by atoms with E-state index in [-0.39, 0.29) is 10.7 Å². The minimum absolute atomic E-state index is 0.0182. The van der Waals surface area contributed by atoms with E-state index in [1.165, 1.54) is 11.8 Å². The Labute approximate surface area is 221 Å². The molecule has 37 heavy (non-hydrogen) atoms. The maximum absolute atomic E-state index is 13.0. The molecule has 4 aromatic rings. The zero-order chi connectivity index (χ0) is 26.4. The molecule has 0 saturated carbocycles. The van der Waals surface area contributed by atoms with Gasteiger partial charge in [-0.1, -0.05) is 71.9 Å². The van der Waals surface area contributed by atoms with Crippen molar-refractivity contribution >= 4 is 35.0 Å². The topological polar surface area (TPSA) is 59.8 Å². The summed E-state index contributed by atoms with van der Waals surface area (Å²) in [7, 11) is 0. The molecule has 1 N–H and O–H groups in total. The molecule has 3 aromatic carbocycles. The van der Waals surface area contributed by atoms with E-state index in [2.05, 4.69) is 22.1 Å². The van der Waals surface area contributed by atoms with Gasteiger partial charge < -0.3 is 9.88 Å². The number of aromatic nitrogens is 3. The third-order valence-electron chi connectivity index (χ3n) is 5.44. The van der Waals surface area contributed by atoms with Crippen molar-refractivity contribution in [3.8, 4) is 0 Å². The van der Waals surface area contributed by atoms with Crippen molar-refractivity contribution in [2.45, 2.75) is 30.1 Å². The number of carbonyl (C=O) groups excluding carboxylic acids is 1. The lowest BCUT2D eigenvalue weighted by Crippen LogP contribution is -2.13. The summed E-state index contributed by atoms with van der Waals surface area (Å²) in [6, 6.07) is 19.6. The van der Waals surface area contributed by atoms with E-state index in [0.29, 0.717) is 24.3 Å². The molecular formula is C27H22ClF3N4OS. The Morgan fingerprint density at radius 3 is 2.43 bits per heavy atom. The number of nitrogens with zero attached hydrogens (tertiary/aromatic N) is 3. The molecule has 0 spiro atoms. The predicted molar refractivity (Wildman–Crippen MR) is 140 cm³/mol. The van der Waals surface area contributed by atoms with Crippen LogP contribution in [0.3, 0.4) is 0 Å². The Balaban J connectivity index is 1.41. The van der Waals surface area contributed by atoms with Crippen LogP contribution in [0.4, 0.5) is 18.9 Å². The quantitative estimate of drug-likeness (QED) is 0.178. The van der Waals surface area contributed by atoms with E-state index in [1.807, 2.05) is 34.9 Å². The van der Waals surface area contributed by atoms with Gasteiger partial charge in [-0.2, -0.15) is 13.2 Å². The smallest absolute Gasteiger partial charge is 0.321 e. The number of carbonyl (C=O) groups is 1. The molecule has 0 aliphatic carbocycles. The Morgan fingerprint density at radius 2 is 1.76 bits per heavy atom. The first-order valence-electron chi connectivity index (χ1n) is 11.2. The number of allylic oxidation sites excluding steroid dienone is 1. The average Bonchev–Trinajstić information content (AvgIpc) is 3.25. The minimum Gasteiger partial charge on any atom is -0.321 e. The number of anilines is 1. The van der Waals surface area contributed by atoms with Crippen molar-refractivity contribution in [2.75, 3.05) is 5.32 Å². The molecule has 1 amide bonds. The normalized spacial score (nSPS) is 11.4. The van der Waals surface area contributed by atoms with Crippen LogP contribution in [-0.2, 0) is 24.9 Å². The molecule has 0 radical (unpaired) electrons. The van der Waals surface area contributed by atoms with Gasteiger partial charge in [0.25, 0.3) is 5.91 Å². The number of hydrogen-bond donors (Lipinski definition) is 1. The first-order valence-corrected chi connectivity index (χ1v) is 12.6. The number of halogens is 4. The summed E-state index contributed by atoms with van der Waals surface area (Å²) < 4.78 is 41.0. The third-order valence-corrected chi connectivity index (χ3v) is 6.80. The van der Waals surface area contributed by atoms with Gasteiger partial charge in [-0.25, -0.2) is 0 Å². The number of benzene rings is 3. The Kier molecular flexibility index (Phi) is 8.35. The van der Waals surface area contributed by atoms with E-state index in [0.717, 1.165) is 40.3 Å². The molecule has 0 aliphatic rings. The monoisotopic (exact) mass is 542 g/mol. The number of thioether (sulfide) groups is 1. The number of alkyl halides is 3. The maximum atomic E-state index is 13.0. The highest BCUT2D eigenvalue weighted by atomic mass is 35.5. The summed E-state index contributed by atoms with van der Waals surface area (Å²) in [4.78, 5) is 12.6. The molecular weight excluding hydrogens is 521 g/mol. The molecule has 0 saturated heterocycles. The van der Waals surface area contributed by atoms with Crippen LogP contribution in [0.1, 0.15) is 32.9 Å². The van der Waals surface area contributed by atoms with Crippen LogP contribution in [0, 0.1) is 0 Å². The fraction of sp³-hybridized carbons (Fsp3) is 0.148. The van der Waals surface area contributed by atoms with E-state index in [9.17, 15) is 18.0 Å². The first kappa shape index (κ1) is 26.5. The van der Waals surface area contributed by atoms with Gasteiger partial charge in [0.05, 0.1) is 16.3 Å². The lowest BCUT2D eigenvalue weighted by molar-refractivity contribution is -0.137. The first-order chi connectivity index (χ1) is 17.7. The van der Waals surface area contributed by atoms with Crippen LogP contribution in [-0.4, -0.2) is 20.7 Å². The van der Waals surface area contributed by atoms with Crippen LogP contribution in [0.5, 0.6) is 0 Å². The molecule has 5 nitrogen and oxygen atoms in total. The van der Waals surface area contributed by atoms with Crippen LogP contribution in [0.25, 0.3) is 0 Å². The Morgan fingerprint density at radius 1 is 1.03 bits per heavy atom. The summed E-state index contributed by atoms with van der Waals surface area (Å²) in [6.07, 6.45) is -2.09. The van der Waals surface area contributed by atoms with Crippen LogP contribution in [0.2, 0.25) is 5.02 Å². The molecule has 1 heterocycles. The number of hydrogen-bond acceptors (Lipinski definition) is 4. The zero-order valence-electron chi connectivity index (χ0n) is 19.5. The summed E-state index contributed by atoms with van der Waals surface area (Å²) >= 11 is 7.49. The van der Waals surface area contributed by atoms with Crippen molar-refractivity contribution in [2.24, 2.45) is 0 Å². The molecule has 0 unspecified atom stereocenters. The Hall–Kier alpha value is -3.56. The summed E-state index contributed by atoms with van der Waals surface area (Å²) in [5, 5.41) is 11.9. The van der Waals surface area contributed by atoms with Gasteiger partial charge in [0.2, 0.25) is 0 Å². The third kappa shape index (κ3) is 6.81. The predicted octanol–water partition coefficient (Wildman–Crippen LogP) is 7.27. The van der Waals surface area contributed by atoms with Gasteiger partial charge in [-0.05, 0) is 41.5 Å². The lowest BCUT2D eigenvalue weighted by Gasteiger charge is -2.12. The van der Waals surface area contributed by atoms with Crippen LogP contribution >= 0.6 is 23.4 Å². The molecule has 1 aromatic heterocycles. The van der Waals surface area contributed by atoms with Gasteiger partial charge >= 0.3 is 6.18 Å². The highest BCUT2D eigenvalue weighted by molar-refractivity contribution is 7.98. The van der Waals surface area contributed by atoms with E-state index >= 15 is 0 Å². The van der Waals surface area contributed by atoms with E-state index in [1.54, 1.807) is 30.3 Å². The summed E-state index contributed by atoms with van der Waals surface area (Å²) in [6.45, 7) is 4.41. The number of nitrogens with one attached hydrogen (secondary N) is 1. The lowest BCUT2D eigenvalue weighted by atomic mass is 10.1. The molecule has 0 atom stereocenters. The van der Waals surface area contributed by atoms with E-state index < -0.39 is 17.6 Å². The van der Waals surface area contributed by atoms with Gasteiger partial charge in [-0.15, -0.1) is 16.8 Å². The standard InChI is InChI=1S/C27H22ClF3N4OS/c1-2-14-35-24(15-18-6-4-3-5-7-18)33-34-26(35)37-17-19-8-10-20(11-9-19)25(36)32-23-16-21(27(29,30)31)12-13-22(23)28/h2-13,16H,1,14-15,17H2,(H,32,36). The van der Waals surface area contributed by atoms with Crippen LogP contribution < -0.4 is 5.32 Å². The minimum atomic E-state index is -4.54. The zero-order valence-corrected chi connectivity index (χ0v) is 21.1. The van der Waals surface area contributed by atoms with Crippen molar-refractivity contribution in [3.05, 3.63) is 119 Å². The highest BCUT2D eigenvalue weighted by Gasteiger charge is 2.31. The van der Waals surface area contributed by atoms with Crippen molar-refractivity contribution in [1.82, 2.24) is 14.8 Å². The second kappa shape index (κ2) is 11.7. The largest absolute Gasteiger partial charge is 0.416 e. The fourth-order valence-corrected chi connectivity index (χ4v) is 4.63. The SMILES string of the molecule is C=CCn1c(Cc2ccccc2)nnc1SCc1ccc(C(=O)Nc2cc(C(F)(F)F)ccc2Cl)cc1. The van der Waals surface area contributed by atoms with Crippen molar-refractivity contribution < 1.29 is 18.0 Å². The second-order valence-electron chi connectivity index (χ2n) is 8.09. The Bertz CT molecular complexity index is 1390. The molecule has 4 rings (SSSR count).